The van der Waals surface area contributed by atoms with Crippen LogP contribution in [-0.2, 0) is 7.05 Å². The van der Waals surface area contributed by atoms with Crippen molar-refractivity contribution in [1.29, 1.82) is 0 Å². The number of aromatic nitrogens is 2. The van der Waals surface area contributed by atoms with Gasteiger partial charge in [-0.25, -0.2) is 4.98 Å². The number of carbonyl (C=O) groups excluding carboxylic acids is 1. The van der Waals surface area contributed by atoms with Gasteiger partial charge in [-0.2, -0.15) is 0 Å². The summed E-state index contributed by atoms with van der Waals surface area (Å²) >= 11 is 3.28. The number of nitrogens with zero attached hydrogens (tertiary/aromatic N) is 4. The van der Waals surface area contributed by atoms with E-state index in [0.717, 1.165) is 5.82 Å². The highest BCUT2D eigenvalue weighted by Crippen LogP contribution is 2.28. The Hall–Kier alpha value is -2.26. The van der Waals surface area contributed by atoms with Crippen LogP contribution in [-0.4, -0.2) is 44.9 Å². The van der Waals surface area contributed by atoms with Crippen LogP contribution in [0.1, 0.15) is 22.2 Å². The lowest BCUT2D eigenvalue weighted by molar-refractivity contribution is -0.384. The molecule has 1 saturated heterocycles. The minimum Gasteiger partial charge on any atom is -0.336 e. The van der Waals surface area contributed by atoms with E-state index in [1.165, 1.54) is 18.2 Å². The molecule has 1 fully saturated rings. The molecule has 3 rings (SSSR count). The Balaban J connectivity index is 1.92. The molecule has 1 aliphatic rings. The summed E-state index contributed by atoms with van der Waals surface area (Å²) in [5.41, 5.74) is 0.348. The van der Waals surface area contributed by atoms with E-state index in [4.69, 9.17) is 0 Å². The maximum atomic E-state index is 13.0. The van der Waals surface area contributed by atoms with Crippen LogP contribution in [0.2, 0.25) is 0 Å². The second kappa shape index (κ2) is 6.70. The van der Waals surface area contributed by atoms with Gasteiger partial charge in [0.2, 0.25) is 0 Å². The van der Waals surface area contributed by atoms with Crippen LogP contribution in [0.15, 0.2) is 35.1 Å². The van der Waals surface area contributed by atoms with Crippen molar-refractivity contribution in [2.45, 2.75) is 6.04 Å². The molecule has 24 heavy (non-hydrogen) atoms. The zero-order valence-electron chi connectivity index (χ0n) is 13.0. The molecule has 0 aliphatic carbocycles. The summed E-state index contributed by atoms with van der Waals surface area (Å²) in [6.45, 7) is 1.85. The number of aryl methyl sites for hydroxylation is 1. The first-order chi connectivity index (χ1) is 11.5. The first-order valence-corrected chi connectivity index (χ1v) is 8.21. The average Bonchev–Trinajstić information content (AvgIpc) is 3.00. The number of hydrogen-bond acceptors (Lipinski definition) is 5. The topological polar surface area (TPSA) is 93.3 Å². The van der Waals surface area contributed by atoms with Crippen LogP contribution in [0.5, 0.6) is 0 Å². The fourth-order valence-electron chi connectivity index (χ4n) is 2.82. The molecule has 1 amide bonds. The Morgan fingerprint density at radius 1 is 1.50 bits per heavy atom. The van der Waals surface area contributed by atoms with Crippen LogP contribution in [0.3, 0.4) is 0 Å². The number of nitro groups is 1. The van der Waals surface area contributed by atoms with Crippen molar-refractivity contribution in [3.05, 3.63) is 56.6 Å². The number of piperazine rings is 1. The van der Waals surface area contributed by atoms with Crippen molar-refractivity contribution in [1.82, 2.24) is 19.8 Å². The number of carbonyl (C=O) groups is 1. The van der Waals surface area contributed by atoms with Crippen LogP contribution in [0.4, 0.5) is 5.69 Å². The highest BCUT2D eigenvalue weighted by atomic mass is 79.9. The summed E-state index contributed by atoms with van der Waals surface area (Å²) in [4.78, 5) is 29.5. The molecule has 1 aromatic carbocycles. The van der Waals surface area contributed by atoms with Gasteiger partial charge in [0.25, 0.3) is 11.6 Å². The number of halogens is 1. The Morgan fingerprint density at radius 3 is 2.92 bits per heavy atom. The first kappa shape index (κ1) is 16.6. The third-order valence-corrected chi connectivity index (χ3v) is 4.71. The summed E-state index contributed by atoms with van der Waals surface area (Å²) < 4.78 is 2.31. The minimum absolute atomic E-state index is 0.0561. The maximum absolute atomic E-state index is 13.0. The number of benzene rings is 1. The third-order valence-electron chi connectivity index (χ3n) is 4.05. The third kappa shape index (κ3) is 3.04. The first-order valence-electron chi connectivity index (χ1n) is 7.42. The van der Waals surface area contributed by atoms with E-state index < -0.39 is 4.92 Å². The fraction of sp³-hybridized carbons (Fsp3) is 0.333. The summed E-state index contributed by atoms with van der Waals surface area (Å²) in [5, 5.41) is 14.1. The van der Waals surface area contributed by atoms with Gasteiger partial charge in [-0.05, 0) is 22.0 Å². The Labute approximate surface area is 146 Å². The van der Waals surface area contributed by atoms with Gasteiger partial charge in [0.05, 0.1) is 10.5 Å². The fourth-order valence-corrected chi connectivity index (χ4v) is 3.36. The normalized spacial score (nSPS) is 17.8. The van der Waals surface area contributed by atoms with Crippen molar-refractivity contribution in [3.8, 4) is 0 Å². The van der Waals surface area contributed by atoms with Crippen LogP contribution in [0, 0.1) is 10.1 Å². The number of nitro benzene ring substituents is 1. The van der Waals surface area contributed by atoms with Gasteiger partial charge >= 0.3 is 0 Å². The molecule has 1 atom stereocenters. The van der Waals surface area contributed by atoms with Crippen LogP contribution >= 0.6 is 15.9 Å². The molecule has 1 N–H and O–H groups in total. The Kier molecular flexibility index (Phi) is 4.63. The Bertz CT molecular complexity index is 791. The zero-order valence-corrected chi connectivity index (χ0v) is 14.6. The van der Waals surface area contributed by atoms with E-state index >= 15 is 0 Å². The summed E-state index contributed by atoms with van der Waals surface area (Å²) in [6, 6.07) is 4.00. The van der Waals surface area contributed by atoms with Gasteiger partial charge < -0.3 is 14.8 Å². The smallest absolute Gasteiger partial charge is 0.270 e. The molecule has 1 aromatic heterocycles. The van der Waals surface area contributed by atoms with Gasteiger partial charge in [-0.3, -0.25) is 14.9 Å². The molecule has 0 saturated carbocycles. The lowest BCUT2D eigenvalue weighted by Crippen LogP contribution is -2.49. The van der Waals surface area contributed by atoms with Crippen molar-refractivity contribution in [2.75, 3.05) is 19.6 Å². The SMILES string of the molecule is Cn1ccnc1C1CNCCN1C(=O)c1ccc([N+](=O)[O-])cc1Br. The van der Waals surface area contributed by atoms with Crippen molar-refractivity contribution in [2.24, 2.45) is 7.05 Å². The molecule has 0 spiro atoms. The lowest BCUT2D eigenvalue weighted by Gasteiger charge is -2.36. The number of amides is 1. The number of rotatable bonds is 3. The minimum atomic E-state index is -0.486. The maximum Gasteiger partial charge on any atom is 0.270 e. The standard InChI is InChI=1S/C15H16BrN5O3/c1-19-6-5-18-14(19)13-9-17-4-7-20(13)15(22)11-3-2-10(21(23)24)8-12(11)16/h2-3,5-6,8,13,17H,4,7,9H2,1H3. The lowest BCUT2D eigenvalue weighted by atomic mass is 10.1. The van der Waals surface area contributed by atoms with Crippen molar-refractivity contribution in [3.63, 3.8) is 0 Å². The molecular formula is C15H16BrN5O3. The summed E-state index contributed by atoms with van der Waals surface area (Å²) in [6.07, 6.45) is 3.54. The number of nitrogens with one attached hydrogen (secondary N) is 1. The Morgan fingerprint density at radius 2 is 2.29 bits per heavy atom. The molecule has 9 heteroatoms. The number of hydrogen-bond donors (Lipinski definition) is 1. The van der Waals surface area contributed by atoms with Gasteiger partial charge in [0.15, 0.2) is 0 Å². The van der Waals surface area contributed by atoms with Crippen LogP contribution in [0.25, 0.3) is 0 Å². The van der Waals surface area contributed by atoms with Crippen LogP contribution < -0.4 is 5.32 Å². The molecule has 1 aliphatic heterocycles. The van der Waals surface area contributed by atoms with Crippen molar-refractivity contribution >= 4 is 27.5 Å². The van der Waals surface area contributed by atoms with E-state index in [1.807, 2.05) is 17.8 Å². The molecule has 2 heterocycles. The highest BCUT2D eigenvalue weighted by Gasteiger charge is 2.32. The second-order valence-corrected chi connectivity index (χ2v) is 6.39. The molecule has 0 bridgehead atoms. The highest BCUT2D eigenvalue weighted by molar-refractivity contribution is 9.10. The molecule has 2 aromatic rings. The van der Waals surface area contributed by atoms with Gasteiger partial charge in [0, 0.05) is 55.7 Å². The molecule has 8 nitrogen and oxygen atoms in total. The van der Waals surface area contributed by atoms with E-state index in [1.54, 1.807) is 11.1 Å². The largest absolute Gasteiger partial charge is 0.336 e. The monoisotopic (exact) mass is 393 g/mol. The van der Waals surface area contributed by atoms with Gasteiger partial charge in [-0.15, -0.1) is 0 Å². The van der Waals surface area contributed by atoms with Gasteiger partial charge in [-0.1, -0.05) is 0 Å². The quantitative estimate of drug-likeness (QED) is 0.634. The molecular weight excluding hydrogens is 378 g/mol. The zero-order chi connectivity index (χ0) is 17.3. The van der Waals surface area contributed by atoms with E-state index in [2.05, 4.69) is 26.2 Å². The average molecular weight is 394 g/mol. The number of non-ortho nitro benzene ring substituents is 1. The van der Waals surface area contributed by atoms with E-state index in [9.17, 15) is 14.9 Å². The van der Waals surface area contributed by atoms with E-state index in [0.29, 0.717) is 29.7 Å². The molecule has 1 unspecified atom stereocenters. The number of imidazole rings is 1. The van der Waals surface area contributed by atoms with E-state index in [-0.39, 0.29) is 17.6 Å². The molecule has 126 valence electrons. The predicted octanol–water partition coefficient (Wildman–Crippen LogP) is 1.88. The predicted molar refractivity (Wildman–Crippen MR) is 90.7 cm³/mol. The second-order valence-electron chi connectivity index (χ2n) is 5.54. The summed E-state index contributed by atoms with van der Waals surface area (Å²) in [7, 11) is 1.89. The van der Waals surface area contributed by atoms with Gasteiger partial charge in [0.1, 0.15) is 11.9 Å². The molecule has 0 radical (unpaired) electrons. The van der Waals surface area contributed by atoms with Crippen molar-refractivity contribution < 1.29 is 9.72 Å². The summed E-state index contributed by atoms with van der Waals surface area (Å²) in [5.74, 6) is 0.625.